The molecule has 6 nitrogen and oxygen atoms in total. The number of nitrogens with zero attached hydrogens (tertiary/aromatic N) is 3. The second kappa shape index (κ2) is 7.92. The van der Waals surface area contributed by atoms with Gasteiger partial charge in [0.2, 0.25) is 5.43 Å². The third-order valence-electron chi connectivity index (χ3n) is 5.23. The smallest absolute Gasteiger partial charge is 0.418 e. The van der Waals surface area contributed by atoms with Crippen molar-refractivity contribution in [3.8, 4) is 5.75 Å². The Bertz CT molecular complexity index is 1160. The van der Waals surface area contributed by atoms with Gasteiger partial charge in [-0.2, -0.15) is 13.2 Å². The molecule has 0 aliphatic heterocycles. The lowest BCUT2D eigenvalue weighted by atomic mass is 9.74. The van der Waals surface area contributed by atoms with Crippen molar-refractivity contribution < 1.29 is 27.4 Å². The maximum absolute atomic E-state index is 14.1. The van der Waals surface area contributed by atoms with E-state index in [9.17, 15) is 27.5 Å². The van der Waals surface area contributed by atoms with Gasteiger partial charge in [-0.15, -0.1) is 0 Å². The minimum absolute atomic E-state index is 0.0545. The maximum atomic E-state index is 14.1. The number of hydrogen-bond donors (Lipinski definition) is 1. The molecule has 0 spiro atoms. The number of rotatable bonds is 6. The summed E-state index contributed by atoms with van der Waals surface area (Å²) in [5, 5.41) is 10.9. The molecule has 1 atom stereocenters. The summed E-state index contributed by atoms with van der Waals surface area (Å²) < 4.78 is 62.5. The number of hydrogen-bond acceptors (Lipinski definition) is 5. The van der Waals surface area contributed by atoms with Gasteiger partial charge in [-0.3, -0.25) is 4.79 Å². The number of fused-ring (bicyclic) bond motifs is 1. The highest BCUT2D eigenvalue weighted by molar-refractivity contribution is 5.72. The van der Waals surface area contributed by atoms with Gasteiger partial charge >= 0.3 is 6.18 Å². The molecule has 1 unspecified atom stereocenters. The van der Waals surface area contributed by atoms with Gasteiger partial charge < -0.3 is 14.4 Å². The lowest BCUT2D eigenvalue weighted by Gasteiger charge is -2.39. The van der Waals surface area contributed by atoms with Crippen LogP contribution in [-0.2, 0) is 12.0 Å². The van der Waals surface area contributed by atoms with Gasteiger partial charge in [0.25, 0.3) is 0 Å². The highest BCUT2D eigenvalue weighted by Gasteiger charge is 2.56. The fraction of sp³-hybridized carbons (Fsp3) is 0.381. The van der Waals surface area contributed by atoms with Crippen molar-refractivity contribution in [3.63, 3.8) is 0 Å². The molecule has 0 fully saturated rings. The van der Waals surface area contributed by atoms with Crippen LogP contribution in [0.5, 0.6) is 5.75 Å². The molecule has 3 aromatic rings. The largest absolute Gasteiger partial charge is 0.496 e. The predicted molar refractivity (Wildman–Crippen MR) is 105 cm³/mol. The minimum atomic E-state index is -5.03. The van der Waals surface area contributed by atoms with Crippen LogP contribution in [0.1, 0.15) is 25.8 Å². The topological polar surface area (TPSA) is 77.2 Å². The molecule has 0 aliphatic rings. The number of ether oxygens (including phenoxy) is 1. The number of methoxy groups -OCH3 is 1. The molecular formula is C21H21F4N3O3. The first-order valence-electron chi connectivity index (χ1n) is 9.30. The number of pyridine rings is 1. The number of halogens is 4. The monoisotopic (exact) mass is 439 g/mol. The fourth-order valence-corrected chi connectivity index (χ4v) is 3.74. The van der Waals surface area contributed by atoms with E-state index < -0.39 is 41.4 Å². The van der Waals surface area contributed by atoms with E-state index in [1.807, 2.05) is 0 Å². The SMILES string of the molecule is COc1ccc(F)cc1C(C)(C)CC(O)(Cn1ccc(=O)c2ncncc21)C(F)(F)F. The van der Waals surface area contributed by atoms with Crippen LogP contribution in [0.15, 0.2) is 47.8 Å². The molecule has 166 valence electrons. The van der Waals surface area contributed by atoms with Crippen LogP contribution < -0.4 is 10.2 Å². The maximum Gasteiger partial charge on any atom is 0.418 e. The summed E-state index contributed by atoms with van der Waals surface area (Å²) in [4.78, 5) is 19.6. The van der Waals surface area contributed by atoms with Crippen molar-refractivity contribution in [1.29, 1.82) is 0 Å². The van der Waals surface area contributed by atoms with Gasteiger partial charge in [0.1, 0.15) is 23.4 Å². The quantitative estimate of drug-likeness (QED) is 0.594. The molecule has 3 rings (SSSR count). The van der Waals surface area contributed by atoms with E-state index in [1.165, 1.54) is 33.2 Å². The standard InChI is InChI=1S/C21H21F4N3O3/c1-19(2,14-8-13(22)4-5-17(14)31-3)10-20(30,21(23,24)25)11-28-7-6-16(29)18-15(28)9-26-12-27-18/h4-9,12,30H,10-11H2,1-3H3. The fourth-order valence-electron chi connectivity index (χ4n) is 3.74. The Morgan fingerprint density at radius 2 is 1.90 bits per heavy atom. The first-order valence-corrected chi connectivity index (χ1v) is 9.30. The van der Waals surface area contributed by atoms with Gasteiger partial charge in [-0.1, -0.05) is 13.8 Å². The van der Waals surface area contributed by atoms with E-state index in [0.29, 0.717) is 0 Å². The Labute approximate surface area is 175 Å². The van der Waals surface area contributed by atoms with Crippen molar-refractivity contribution in [1.82, 2.24) is 14.5 Å². The summed E-state index contributed by atoms with van der Waals surface area (Å²) in [6.45, 7) is 2.02. The van der Waals surface area contributed by atoms with Crippen LogP contribution in [0.25, 0.3) is 11.0 Å². The third-order valence-corrected chi connectivity index (χ3v) is 5.23. The average molecular weight is 439 g/mol. The number of alkyl halides is 3. The van der Waals surface area contributed by atoms with E-state index in [-0.39, 0.29) is 22.3 Å². The normalized spacial score (nSPS) is 14.5. The molecule has 31 heavy (non-hydrogen) atoms. The summed E-state index contributed by atoms with van der Waals surface area (Å²) in [6.07, 6.45) is -2.36. The van der Waals surface area contributed by atoms with E-state index in [4.69, 9.17) is 4.74 Å². The zero-order valence-electron chi connectivity index (χ0n) is 17.1. The number of aromatic nitrogens is 3. The number of benzene rings is 1. The van der Waals surface area contributed by atoms with Crippen LogP contribution in [-0.4, -0.2) is 38.5 Å². The molecule has 10 heteroatoms. The molecular weight excluding hydrogens is 418 g/mol. The summed E-state index contributed by atoms with van der Waals surface area (Å²) >= 11 is 0. The lowest BCUT2D eigenvalue weighted by molar-refractivity contribution is -0.271. The Balaban J connectivity index is 2.08. The van der Waals surface area contributed by atoms with Crippen molar-refractivity contribution in [2.24, 2.45) is 0 Å². The molecule has 1 N–H and O–H groups in total. The van der Waals surface area contributed by atoms with Crippen molar-refractivity contribution in [2.75, 3.05) is 7.11 Å². The molecule has 0 radical (unpaired) electrons. The van der Waals surface area contributed by atoms with Gasteiger partial charge in [-0.05, 0) is 30.0 Å². The van der Waals surface area contributed by atoms with Crippen LogP contribution in [0.4, 0.5) is 17.6 Å². The van der Waals surface area contributed by atoms with E-state index in [2.05, 4.69) is 9.97 Å². The van der Waals surface area contributed by atoms with Crippen LogP contribution in [0, 0.1) is 5.82 Å². The Morgan fingerprint density at radius 3 is 2.55 bits per heavy atom. The second-order valence-corrected chi connectivity index (χ2v) is 8.00. The molecule has 2 aromatic heterocycles. The third kappa shape index (κ3) is 4.39. The zero-order chi connectivity index (χ0) is 23.0. The summed E-state index contributed by atoms with van der Waals surface area (Å²) in [5.74, 6) is -0.430. The zero-order valence-corrected chi connectivity index (χ0v) is 17.1. The summed E-state index contributed by atoms with van der Waals surface area (Å²) in [7, 11) is 1.33. The molecule has 0 aliphatic carbocycles. The Kier molecular flexibility index (Phi) is 5.79. The molecule has 0 amide bonds. The molecule has 1 aromatic carbocycles. The Hall–Kier alpha value is -3.01. The minimum Gasteiger partial charge on any atom is -0.496 e. The van der Waals surface area contributed by atoms with Crippen LogP contribution >= 0.6 is 0 Å². The van der Waals surface area contributed by atoms with Gasteiger partial charge in [-0.25, -0.2) is 14.4 Å². The van der Waals surface area contributed by atoms with Gasteiger partial charge in [0.05, 0.1) is 25.4 Å². The van der Waals surface area contributed by atoms with E-state index >= 15 is 0 Å². The molecule has 0 bridgehead atoms. The molecule has 2 heterocycles. The molecule has 0 saturated carbocycles. The summed E-state index contributed by atoms with van der Waals surface area (Å²) in [6, 6.07) is 4.64. The van der Waals surface area contributed by atoms with Gasteiger partial charge in [0, 0.05) is 17.8 Å². The van der Waals surface area contributed by atoms with E-state index in [0.717, 1.165) is 35.3 Å². The second-order valence-electron chi connectivity index (χ2n) is 8.00. The summed E-state index contributed by atoms with van der Waals surface area (Å²) in [5.41, 5.74) is -4.85. The molecule has 0 saturated heterocycles. The van der Waals surface area contributed by atoms with Gasteiger partial charge in [0.15, 0.2) is 5.60 Å². The highest BCUT2D eigenvalue weighted by atomic mass is 19.4. The average Bonchev–Trinajstić information content (AvgIpc) is 2.69. The van der Waals surface area contributed by atoms with Crippen LogP contribution in [0.2, 0.25) is 0 Å². The highest BCUT2D eigenvalue weighted by Crippen LogP contribution is 2.44. The Morgan fingerprint density at radius 1 is 1.19 bits per heavy atom. The van der Waals surface area contributed by atoms with Crippen LogP contribution in [0.3, 0.4) is 0 Å². The first-order chi connectivity index (χ1) is 14.4. The van der Waals surface area contributed by atoms with Crippen molar-refractivity contribution in [2.45, 2.75) is 44.0 Å². The van der Waals surface area contributed by atoms with Crippen molar-refractivity contribution >= 4 is 11.0 Å². The predicted octanol–water partition coefficient (Wildman–Crippen LogP) is 3.60. The van der Waals surface area contributed by atoms with E-state index in [1.54, 1.807) is 0 Å². The number of aliphatic hydroxyl groups is 1. The lowest BCUT2D eigenvalue weighted by Crippen LogP contribution is -2.52. The first kappa shape index (κ1) is 22.7. The van der Waals surface area contributed by atoms with Crippen molar-refractivity contribution in [3.05, 3.63) is 64.6 Å².